The number of anilines is 2. The molecular formula is C28H29N5. The zero-order valence-electron chi connectivity index (χ0n) is 19.6. The number of nitrogens with zero attached hydrogens (tertiary/aromatic N) is 4. The highest BCUT2D eigenvalue weighted by molar-refractivity contribution is 5.76. The van der Waals surface area contributed by atoms with E-state index in [9.17, 15) is 0 Å². The fourth-order valence-corrected chi connectivity index (χ4v) is 4.68. The van der Waals surface area contributed by atoms with Crippen LogP contribution in [-0.4, -0.2) is 43.4 Å². The van der Waals surface area contributed by atoms with E-state index in [-0.39, 0.29) is 5.41 Å². The molecule has 0 saturated heterocycles. The summed E-state index contributed by atoms with van der Waals surface area (Å²) in [6.07, 6.45) is 9.03. The maximum Gasteiger partial charge on any atom is 0.0996 e. The summed E-state index contributed by atoms with van der Waals surface area (Å²) in [7, 11) is 8.35. The second-order valence-electron chi connectivity index (χ2n) is 9.07. The summed E-state index contributed by atoms with van der Waals surface area (Å²) < 4.78 is 0. The molecule has 1 N–H and O–H groups in total. The second kappa shape index (κ2) is 8.24. The first kappa shape index (κ1) is 21.0. The van der Waals surface area contributed by atoms with Crippen LogP contribution in [0.5, 0.6) is 0 Å². The van der Waals surface area contributed by atoms with Crippen LogP contribution in [0, 0.1) is 0 Å². The molecule has 0 fully saturated rings. The summed E-state index contributed by atoms with van der Waals surface area (Å²) >= 11 is 0. The Hall–Kier alpha value is -3.86. The normalized spacial score (nSPS) is 14.1. The van der Waals surface area contributed by atoms with E-state index in [1.165, 1.54) is 22.5 Å². The van der Waals surface area contributed by atoms with E-state index >= 15 is 0 Å². The van der Waals surface area contributed by atoms with Gasteiger partial charge in [0.15, 0.2) is 0 Å². The third kappa shape index (κ3) is 3.69. The highest BCUT2D eigenvalue weighted by Crippen LogP contribution is 2.44. The van der Waals surface area contributed by atoms with Gasteiger partial charge >= 0.3 is 0 Å². The number of nitrogens with one attached hydrogen (secondary N) is 1. The van der Waals surface area contributed by atoms with E-state index in [2.05, 4.69) is 109 Å². The molecule has 166 valence electrons. The number of rotatable bonds is 5. The Balaban J connectivity index is 1.68. The molecule has 4 aromatic rings. The van der Waals surface area contributed by atoms with Gasteiger partial charge in [0, 0.05) is 80.6 Å². The molecule has 5 rings (SSSR count). The summed E-state index contributed by atoms with van der Waals surface area (Å²) in [5, 5.41) is 8.04. The molecular weight excluding hydrogens is 406 g/mol. The van der Waals surface area contributed by atoms with Gasteiger partial charge in [-0.1, -0.05) is 36.4 Å². The third-order valence-corrected chi connectivity index (χ3v) is 6.58. The number of aromatic nitrogens is 3. The Bertz CT molecular complexity index is 1250. The first-order valence-corrected chi connectivity index (χ1v) is 11.2. The Morgan fingerprint density at radius 3 is 2.00 bits per heavy atom. The lowest BCUT2D eigenvalue weighted by Gasteiger charge is -2.35. The topological polar surface area (TPSA) is 48.1 Å². The quantitative estimate of drug-likeness (QED) is 0.470. The molecule has 0 saturated carbocycles. The van der Waals surface area contributed by atoms with Crippen LogP contribution in [0.2, 0.25) is 0 Å². The van der Waals surface area contributed by atoms with E-state index in [0.29, 0.717) is 0 Å². The van der Waals surface area contributed by atoms with E-state index in [0.717, 1.165) is 28.9 Å². The first-order chi connectivity index (χ1) is 16.0. The largest absolute Gasteiger partial charge is 0.378 e. The molecule has 33 heavy (non-hydrogen) atoms. The average Bonchev–Trinajstić information content (AvgIpc) is 3.27. The van der Waals surface area contributed by atoms with Gasteiger partial charge in [-0.2, -0.15) is 5.10 Å². The van der Waals surface area contributed by atoms with E-state index in [1.54, 1.807) is 0 Å². The van der Waals surface area contributed by atoms with Gasteiger partial charge in [-0.15, -0.1) is 0 Å². The van der Waals surface area contributed by atoms with Crippen LogP contribution < -0.4 is 9.80 Å². The molecule has 0 radical (unpaired) electrons. The molecule has 0 atom stereocenters. The first-order valence-electron chi connectivity index (χ1n) is 11.2. The second-order valence-corrected chi connectivity index (χ2v) is 9.07. The highest BCUT2D eigenvalue weighted by Gasteiger charge is 2.37. The minimum absolute atomic E-state index is 0.299. The summed E-state index contributed by atoms with van der Waals surface area (Å²) in [6, 6.07) is 21.7. The lowest BCUT2D eigenvalue weighted by Crippen LogP contribution is -2.31. The van der Waals surface area contributed by atoms with Crippen LogP contribution in [-0.2, 0) is 11.8 Å². The van der Waals surface area contributed by atoms with Crippen molar-refractivity contribution in [3.63, 3.8) is 0 Å². The maximum absolute atomic E-state index is 4.69. The highest BCUT2D eigenvalue weighted by atomic mass is 15.1. The SMILES string of the molecule is CN(C)c1cccc(C2(c3cccc(N(C)C)c3)C=Cc3c(-c4ccncc4)n[nH]c3C2)c1. The molecule has 5 nitrogen and oxygen atoms in total. The molecule has 2 heterocycles. The minimum atomic E-state index is -0.299. The van der Waals surface area contributed by atoms with Crippen molar-refractivity contribution in [2.75, 3.05) is 38.0 Å². The fraction of sp³-hybridized carbons (Fsp3) is 0.214. The maximum atomic E-state index is 4.69. The lowest BCUT2D eigenvalue weighted by atomic mass is 9.68. The molecule has 2 aromatic carbocycles. The molecule has 0 spiro atoms. The number of fused-ring (bicyclic) bond motifs is 1. The molecule has 2 aromatic heterocycles. The molecule has 1 aliphatic carbocycles. The Labute approximate surface area is 195 Å². The fourth-order valence-electron chi connectivity index (χ4n) is 4.68. The third-order valence-electron chi connectivity index (χ3n) is 6.58. The Morgan fingerprint density at radius 1 is 0.818 bits per heavy atom. The van der Waals surface area contributed by atoms with E-state index in [4.69, 9.17) is 5.10 Å². The predicted octanol–water partition coefficient (Wildman–Crippen LogP) is 5.16. The number of allylic oxidation sites excluding steroid dienone is 1. The average molecular weight is 436 g/mol. The molecule has 0 bridgehead atoms. The Kier molecular flexibility index (Phi) is 5.25. The van der Waals surface area contributed by atoms with E-state index < -0.39 is 0 Å². The van der Waals surface area contributed by atoms with Crippen LogP contribution in [0.1, 0.15) is 22.4 Å². The van der Waals surface area contributed by atoms with Crippen molar-refractivity contribution in [1.29, 1.82) is 0 Å². The monoisotopic (exact) mass is 435 g/mol. The number of aromatic amines is 1. The summed E-state index contributed by atoms with van der Waals surface area (Å²) in [6.45, 7) is 0. The summed E-state index contributed by atoms with van der Waals surface area (Å²) in [5.41, 5.74) is 8.98. The Morgan fingerprint density at radius 2 is 1.42 bits per heavy atom. The van der Waals surface area contributed by atoms with Crippen molar-refractivity contribution in [2.24, 2.45) is 0 Å². The van der Waals surface area contributed by atoms with Gasteiger partial charge in [0.2, 0.25) is 0 Å². The number of hydrogen-bond acceptors (Lipinski definition) is 4. The smallest absolute Gasteiger partial charge is 0.0996 e. The van der Waals surface area contributed by atoms with Crippen molar-refractivity contribution >= 4 is 17.5 Å². The minimum Gasteiger partial charge on any atom is -0.378 e. The number of benzene rings is 2. The van der Waals surface area contributed by atoms with Gasteiger partial charge < -0.3 is 9.80 Å². The van der Waals surface area contributed by atoms with Gasteiger partial charge in [0.25, 0.3) is 0 Å². The number of pyridine rings is 1. The van der Waals surface area contributed by atoms with Crippen LogP contribution in [0.3, 0.4) is 0 Å². The molecule has 0 amide bonds. The zero-order chi connectivity index (χ0) is 23.0. The summed E-state index contributed by atoms with van der Waals surface area (Å²) in [5.74, 6) is 0. The van der Waals surface area contributed by atoms with Crippen molar-refractivity contribution in [1.82, 2.24) is 15.2 Å². The van der Waals surface area contributed by atoms with Gasteiger partial charge in [0.1, 0.15) is 0 Å². The van der Waals surface area contributed by atoms with Crippen molar-refractivity contribution in [3.05, 3.63) is 102 Å². The number of H-pyrrole nitrogens is 1. The van der Waals surface area contributed by atoms with Gasteiger partial charge in [-0.3, -0.25) is 10.1 Å². The van der Waals surface area contributed by atoms with Crippen molar-refractivity contribution in [2.45, 2.75) is 11.8 Å². The molecule has 1 aliphatic rings. The molecule has 0 aliphatic heterocycles. The predicted molar refractivity (Wildman–Crippen MR) is 137 cm³/mol. The van der Waals surface area contributed by atoms with Crippen LogP contribution in [0.25, 0.3) is 17.3 Å². The van der Waals surface area contributed by atoms with E-state index in [1.807, 2.05) is 24.5 Å². The van der Waals surface area contributed by atoms with Crippen molar-refractivity contribution < 1.29 is 0 Å². The van der Waals surface area contributed by atoms with Crippen LogP contribution in [0.4, 0.5) is 11.4 Å². The van der Waals surface area contributed by atoms with Crippen LogP contribution >= 0.6 is 0 Å². The molecule has 5 heteroatoms. The number of hydrogen-bond donors (Lipinski definition) is 1. The van der Waals surface area contributed by atoms with Gasteiger partial charge in [-0.05, 0) is 47.5 Å². The zero-order valence-corrected chi connectivity index (χ0v) is 19.6. The van der Waals surface area contributed by atoms with Gasteiger partial charge in [-0.25, -0.2) is 0 Å². The standard InChI is InChI=1S/C28H29N5/c1-32(2)23-9-5-7-21(17-23)28(22-8-6-10-24(18-22)33(3)4)14-11-25-26(19-28)30-31-27(25)20-12-15-29-16-13-20/h5-18H,19H2,1-4H3,(H,30,31). The van der Waals surface area contributed by atoms with Crippen LogP contribution in [0.15, 0.2) is 79.1 Å². The molecule has 0 unspecified atom stereocenters. The summed E-state index contributed by atoms with van der Waals surface area (Å²) in [4.78, 5) is 8.46. The van der Waals surface area contributed by atoms with Gasteiger partial charge in [0.05, 0.1) is 5.69 Å². The van der Waals surface area contributed by atoms with Crippen molar-refractivity contribution in [3.8, 4) is 11.3 Å². The lowest BCUT2D eigenvalue weighted by molar-refractivity contribution is 0.620.